The summed E-state index contributed by atoms with van der Waals surface area (Å²) in [7, 11) is 0. The molecule has 0 saturated heterocycles. The molecule has 0 spiro atoms. The minimum absolute atomic E-state index is 0.123. The number of amides is 1. The SMILES string of the molecule is O=C(O)C1CCCCC1C(=O)NCC(O)c1ccsc1. The van der Waals surface area contributed by atoms with E-state index in [-0.39, 0.29) is 12.5 Å². The second-order valence-electron chi connectivity index (χ2n) is 5.15. The first-order valence-electron chi connectivity index (χ1n) is 6.80. The highest BCUT2D eigenvalue weighted by atomic mass is 32.1. The van der Waals surface area contributed by atoms with Crippen LogP contribution in [0, 0.1) is 11.8 Å². The first-order chi connectivity index (χ1) is 9.59. The first kappa shape index (κ1) is 15.0. The summed E-state index contributed by atoms with van der Waals surface area (Å²) in [6.45, 7) is 0.123. The zero-order valence-corrected chi connectivity index (χ0v) is 11.9. The van der Waals surface area contributed by atoms with E-state index in [2.05, 4.69) is 5.32 Å². The largest absolute Gasteiger partial charge is 0.481 e. The number of carbonyl (C=O) groups is 2. The average Bonchev–Trinajstić information content (AvgIpc) is 2.98. The van der Waals surface area contributed by atoms with E-state index in [0.717, 1.165) is 18.4 Å². The summed E-state index contributed by atoms with van der Waals surface area (Å²) in [4.78, 5) is 23.3. The van der Waals surface area contributed by atoms with Crippen LogP contribution in [0.15, 0.2) is 16.8 Å². The van der Waals surface area contributed by atoms with Gasteiger partial charge in [-0.15, -0.1) is 0 Å². The van der Waals surface area contributed by atoms with Crippen molar-refractivity contribution >= 4 is 23.2 Å². The molecule has 1 amide bonds. The van der Waals surface area contributed by atoms with Gasteiger partial charge in [-0.2, -0.15) is 11.3 Å². The monoisotopic (exact) mass is 297 g/mol. The van der Waals surface area contributed by atoms with Crippen LogP contribution in [0.3, 0.4) is 0 Å². The van der Waals surface area contributed by atoms with Crippen molar-refractivity contribution in [2.45, 2.75) is 31.8 Å². The predicted molar refractivity (Wildman–Crippen MR) is 75.4 cm³/mol. The molecular formula is C14H19NO4S. The van der Waals surface area contributed by atoms with Crippen LogP contribution in [0.4, 0.5) is 0 Å². The fourth-order valence-electron chi connectivity index (χ4n) is 2.65. The van der Waals surface area contributed by atoms with E-state index < -0.39 is 23.9 Å². The third kappa shape index (κ3) is 3.58. The van der Waals surface area contributed by atoms with Gasteiger partial charge in [-0.25, -0.2) is 0 Å². The molecule has 6 heteroatoms. The minimum Gasteiger partial charge on any atom is -0.481 e. The van der Waals surface area contributed by atoms with Gasteiger partial charge >= 0.3 is 5.97 Å². The zero-order chi connectivity index (χ0) is 14.5. The van der Waals surface area contributed by atoms with Crippen molar-refractivity contribution in [1.82, 2.24) is 5.32 Å². The predicted octanol–water partition coefficient (Wildman–Crippen LogP) is 1.79. The lowest BCUT2D eigenvalue weighted by molar-refractivity contribution is -0.149. The molecule has 0 aliphatic heterocycles. The highest BCUT2D eigenvalue weighted by Crippen LogP contribution is 2.30. The summed E-state index contributed by atoms with van der Waals surface area (Å²) < 4.78 is 0. The molecule has 3 N–H and O–H groups in total. The fourth-order valence-corrected chi connectivity index (χ4v) is 3.36. The number of carboxylic acid groups (broad SMARTS) is 1. The molecule has 20 heavy (non-hydrogen) atoms. The molecule has 1 aromatic heterocycles. The summed E-state index contributed by atoms with van der Waals surface area (Å²) in [5.74, 6) is -2.23. The summed E-state index contributed by atoms with van der Waals surface area (Å²) in [5, 5.41) is 25.4. The number of aliphatic hydroxyl groups is 1. The highest BCUT2D eigenvalue weighted by molar-refractivity contribution is 7.07. The van der Waals surface area contributed by atoms with Crippen molar-refractivity contribution in [3.63, 3.8) is 0 Å². The van der Waals surface area contributed by atoms with Crippen molar-refractivity contribution in [1.29, 1.82) is 0 Å². The molecule has 5 nitrogen and oxygen atoms in total. The van der Waals surface area contributed by atoms with Gasteiger partial charge in [-0.1, -0.05) is 12.8 Å². The van der Waals surface area contributed by atoms with Crippen LogP contribution in [-0.2, 0) is 9.59 Å². The van der Waals surface area contributed by atoms with Gasteiger partial charge in [-0.05, 0) is 35.2 Å². The van der Waals surface area contributed by atoms with Crippen molar-refractivity contribution in [3.8, 4) is 0 Å². The summed E-state index contributed by atoms with van der Waals surface area (Å²) in [6, 6.07) is 1.81. The average molecular weight is 297 g/mol. The summed E-state index contributed by atoms with van der Waals surface area (Å²) in [5.41, 5.74) is 0.772. The summed E-state index contributed by atoms with van der Waals surface area (Å²) >= 11 is 1.48. The van der Waals surface area contributed by atoms with Crippen LogP contribution in [0.5, 0.6) is 0 Å². The van der Waals surface area contributed by atoms with E-state index in [1.165, 1.54) is 11.3 Å². The number of nitrogens with one attached hydrogen (secondary N) is 1. The van der Waals surface area contributed by atoms with E-state index in [4.69, 9.17) is 5.11 Å². The molecule has 3 atom stereocenters. The Hall–Kier alpha value is -1.40. The molecule has 1 aliphatic rings. The van der Waals surface area contributed by atoms with Gasteiger partial charge in [0.2, 0.25) is 5.91 Å². The van der Waals surface area contributed by atoms with Gasteiger partial charge in [0.1, 0.15) is 0 Å². The third-order valence-electron chi connectivity index (χ3n) is 3.82. The van der Waals surface area contributed by atoms with Crippen molar-refractivity contribution < 1.29 is 19.8 Å². The third-order valence-corrected chi connectivity index (χ3v) is 4.52. The Morgan fingerprint density at radius 3 is 2.65 bits per heavy atom. The molecular weight excluding hydrogens is 278 g/mol. The van der Waals surface area contributed by atoms with Crippen molar-refractivity contribution in [2.24, 2.45) is 11.8 Å². The van der Waals surface area contributed by atoms with Crippen molar-refractivity contribution in [3.05, 3.63) is 22.4 Å². The first-order valence-corrected chi connectivity index (χ1v) is 7.74. The lowest BCUT2D eigenvalue weighted by Crippen LogP contribution is -2.41. The smallest absolute Gasteiger partial charge is 0.307 e. The Balaban J connectivity index is 1.88. The standard InChI is InChI=1S/C14H19NO4S/c16-12(9-5-6-20-8-9)7-15-13(17)10-3-1-2-4-11(10)14(18)19/h5-6,8,10-12,16H,1-4,7H2,(H,15,17)(H,18,19). The topological polar surface area (TPSA) is 86.6 Å². The maximum absolute atomic E-state index is 12.1. The van der Waals surface area contributed by atoms with Gasteiger partial charge < -0.3 is 15.5 Å². The van der Waals surface area contributed by atoms with E-state index >= 15 is 0 Å². The molecule has 1 saturated carbocycles. The molecule has 1 aromatic rings. The Morgan fingerprint density at radius 1 is 1.35 bits per heavy atom. The zero-order valence-electron chi connectivity index (χ0n) is 11.1. The highest BCUT2D eigenvalue weighted by Gasteiger charge is 2.35. The molecule has 110 valence electrons. The number of hydrogen-bond acceptors (Lipinski definition) is 4. The lowest BCUT2D eigenvalue weighted by Gasteiger charge is -2.27. The molecule has 3 unspecified atom stereocenters. The molecule has 0 aromatic carbocycles. The van der Waals surface area contributed by atoms with Crippen LogP contribution < -0.4 is 5.32 Å². The maximum atomic E-state index is 12.1. The lowest BCUT2D eigenvalue weighted by atomic mass is 9.78. The van der Waals surface area contributed by atoms with Crippen LogP contribution >= 0.6 is 11.3 Å². The fraction of sp³-hybridized carbons (Fsp3) is 0.571. The minimum atomic E-state index is -0.900. The Labute approximate surface area is 121 Å². The van der Waals surface area contributed by atoms with Crippen LogP contribution in [0.25, 0.3) is 0 Å². The Kier molecular flexibility index (Phi) is 5.14. The molecule has 0 radical (unpaired) electrons. The van der Waals surface area contributed by atoms with Gasteiger partial charge in [0.05, 0.1) is 17.9 Å². The van der Waals surface area contributed by atoms with E-state index in [9.17, 15) is 14.7 Å². The number of hydrogen-bond donors (Lipinski definition) is 3. The number of thiophene rings is 1. The number of rotatable bonds is 5. The Morgan fingerprint density at radius 2 is 2.05 bits per heavy atom. The van der Waals surface area contributed by atoms with Gasteiger partial charge in [0.15, 0.2) is 0 Å². The molecule has 1 heterocycles. The molecule has 1 fully saturated rings. The molecule has 1 aliphatic carbocycles. The second kappa shape index (κ2) is 6.85. The molecule has 2 rings (SSSR count). The van der Waals surface area contributed by atoms with Gasteiger partial charge in [0.25, 0.3) is 0 Å². The van der Waals surface area contributed by atoms with Gasteiger partial charge in [-0.3, -0.25) is 9.59 Å². The number of carbonyl (C=O) groups excluding carboxylic acids is 1. The van der Waals surface area contributed by atoms with Crippen molar-refractivity contribution in [2.75, 3.05) is 6.54 Å². The van der Waals surface area contributed by atoms with E-state index in [1.54, 1.807) is 0 Å². The summed E-state index contributed by atoms with van der Waals surface area (Å²) in [6.07, 6.45) is 2.17. The van der Waals surface area contributed by atoms with Crippen LogP contribution in [-0.4, -0.2) is 28.6 Å². The normalized spacial score (nSPS) is 24.1. The number of aliphatic hydroxyl groups excluding tert-OH is 1. The molecule has 0 bridgehead atoms. The number of aliphatic carboxylic acids is 1. The van der Waals surface area contributed by atoms with Crippen LogP contribution in [0.1, 0.15) is 37.4 Å². The second-order valence-corrected chi connectivity index (χ2v) is 5.93. The van der Waals surface area contributed by atoms with Gasteiger partial charge in [0, 0.05) is 6.54 Å². The van der Waals surface area contributed by atoms with Crippen LogP contribution in [0.2, 0.25) is 0 Å². The quantitative estimate of drug-likeness (QED) is 0.773. The number of carboxylic acids is 1. The Bertz CT molecular complexity index is 460. The van der Waals surface area contributed by atoms with E-state index in [0.29, 0.717) is 12.8 Å². The maximum Gasteiger partial charge on any atom is 0.307 e. The van der Waals surface area contributed by atoms with E-state index in [1.807, 2.05) is 16.8 Å².